The molecule has 4 heteroatoms. The van der Waals surface area contributed by atoms with E-state index >= 15 is 0 Å². The maximum absolute atomic E-state index is 12.3. The topological polar surface area (TPSA) is 57.8 Å². The van der Waals surface area contributed by atoms with Crippen molar-refractivity contribution < 1.29 is 4.79 Å². The van der Waals surface area contributed by atoms with E-state index in [4.69, 9.17) is 5.26 Å². The number of fused-ring (bicyclic) bond motifs is 1. The Morgan fingerprint density at radius 2 is 2.04 bits per heavy atom. The van der Waals surface area contributed by atoms with Gasteiger partial charge in [-0.25, -0.2) is 0 Å². The van der Waals surface area contributed by atoms with Gasteiger partial charge in [0.15, 0.2) is 0 Å². The average molecular weight is 303 g/mol. The van der Waals surface area contributed by atoms with Gasteiger partial charge in [-0.1, -0.05) is 18.2 Å². The lowest BCUT2D eigenvalue weighted by atomic mass is 10.1. The van der Waals surface area contributed by atoms with Crippen molar-refractivity contribution in [2.45, 2.75) is 20.4 Å². The van der Waals surface area contributed by atoms with Crippen molar-refractivity contribution in [1.82, 2.24) is 4.57 Å². The monoisotopic (exact) mass is 303 g/mol. The first-order valence-electron chi connectivity index (χ1n) is 7.43. The second kappa shape index (κ2) is 5.98. The highest BCUT2D eigenvalue weighted by Crippen LogP contribution is 2.20. The van der Waals surface area contributed by atoms with Crippen LogP contribution in [0, 0.1) is 25.2 Å². The summed E-state index contributed by atoms with van der Waals surface area (Å²) in [5.74, 6) is -0.0847. The molecule has 23 heavy (non-hydrogen) atoms. The highest BCUT2D eigenvalue weighted by atomic mass is 16.1. The molecule has 0 saturated heterocycles. The van der Waals surface area contributed by atoms with Crippen molar-refractivity contribution in [3.05, 3.63) is 65.4 Å². The highest BCUT2D eigenvalue weighted by molar-refractivity contribution is 5.93. The lowest BCUT2D eigenvalue weighted by molar-refractivity contribution is -0.116. The molecule has 0 unspecified atom stereocenters. The quantitative estimate of drug-likeness (QED) is 0.800. The molecule has 4 nitrogen and oxygen atoms in total. The molecule has 2 aromatic carbocycles. The van der Waals surface area contributed by atoms with Crippen molar-refractivity contribution in [2.24, 2.45) is 0 Å². The first kappa shape index (κ1) is 14.9. The van der Waals surface area contributed by atoms with E-state index in [1.807, 2.05) is 54.9 Å². The van der Waals surface area contributed by atoms with E-state index < -0.39 is 0 Å². The first-order valence-corrected chi connectivity index (χ1v) is 7.43. The van der Waals surface area contributed by atoms with Crippen molar-refractivity contribution >= 4 is 22.5 Å². The smallest absolute Gasteiger partial charge is 0.244 e. The van der Waals surface area contributed by atoms with Crippen molar-refractivity contribution in [3.63, 3.8) is 0 Å². The molecule has 0 aliphatic heterocycles. The van der Waals surface area contributed by atoms with Crippen LogP contribution in [0.25, 0.3) is 10.9 Å². The van der Waals surface area contributed by atoms with Gasteiger partial charge in [0.1, 0.15) is 6.54 Å². The summed E-state index contributed by atoms with van der Waals surface area (Å²) < 4.78 is 1.86. The van der Waals surface area contributed by atoms with E-state index in [9.17, 15) is 4.79 Å². The maximum atomic E-state index is 12.3. The van der Waals surface area contributed by atoms with Crippen LogP contribution in [0.4, 0.5) is 5.69 Å². The summed E-state index contributed by atoms with van der Waals surface area (Å²) in [6.45, 7) is 4.23. The Morgan fingerprint density at radius 1 is 1.22 bits per heavy atom. The molecule has 0 bridgehead atoms. The Bertz CT molecular complexity index is 931. The number of hydrogen-bond acceptors (Lipinski definition) is 2. The number of nitrogens with zero attached hydrogens (tertiary/aromatic N) is 2. The van der Waals surface area contributed by atoms with E-state index in [0.717, 1.165) is 27.7 Å². The van der Waals surface area contributed by atoms with Crippen LogP contribution in [0.3, 0.4) is 0 Å². The van der Waals surface area contributed by atoms with E-state index in [1.165, 1.54) is 0 Å². The number of carbonyl (C=O) groups is 1. The number of nitrogens with one attached hydrogen (secondary N) is 1. The first-order chi connectivity index (χ1) is 11.1. The van der Waals surface area contributed by atoms with Gasteiger partial charge in [-0.2, -0.15) is 5.26 Å². The molecule has 0 fully saturated rings. The fourth-order valence-electron chi connectivity index (χ4n) is 2.62. The van der Waals surface area contributed by atoms with Gasteiger partial charge in [-0.3, -0.25) is 4.79 Å². The van der Waals surface area contributed by atoms with Crippen LogP contribution in [-0.4, -0.2) is 10.5 Å². The van der Waals surface area contributed by atoms with Gasteiger partial charge in [0.2, 0.25) is 5.91 Å². The third-order valence-corrected chi connectivity index (χ3v) is 4.10. The molecule has 0 aliphatic carbocycles. The third kappa shape index (κ3) is 2.95. The maximum Gasteiger partial charge on any atom is 0.244 e. The van der Waals surface area contributed by atoms with E-state index in [0.29, 0.717) is 5.56 Å². The van der Waals surface area contributed by atoms with Gasteiger partial charge in [0.05, 0.1) is 11.6 Å². The van der Waals surface area contributed by atoms with Crippen LogP contribution >= 0.6 is 0 Å². The Labute approximate surface area is 135 Å². The zero-order chi connectivity index (χ0) is 16.4. The number of carbonyl (C=O) groups excluding carboxylic acids is 1. The average Bonchev–Trinajstić information content (AvgIpc) is 2.94. The predicted octanol–water partition coefficient (Wildman–Crippen LogP) is 3.77. The molecule has 0 aliphatic rings. The predicted molar refractivity (Wildman–Crippen MR) is 91.2 cm³/mol. The number of aryl methyl sites for hydroxylation is 1. The van der Waals surface area contributed by atoms with Crippen LogP contribution < -0.4 is 5.32 Å². The minimum absolute atomic E-state index is 0.0847. The summed E-state index contributed by atoms with van der Waals surface area (Å²) in [5, 5.41) is 13.0. The molecule has 1 N–H and O–H groups in total. The minimum atomic E-state index is -0.0847. The van der Waals surface area contributed by atoms with Gasteiger partial charge >= 0.3 is 0 Å². The molecule has 0 radical (unpaired) electrons. The Balaban J connectivity index is 1.83. The molecule has 1 heterocycles. The van der Waals surface area contributed by atoms with E-state index in [1.54, 1.807) is 12.1 Å². The number of hydrogen-bond donors (Lipinski definition) is 1. The van der Waals surface area contributed by atoms with E-state index in [-0.39, 0.29) is 12.5 Å². The van der Waals surface area contributed by atoms with Crippen LogP contribution in [0.1, 0.15) is 16.7 Å². The Morgan fingerprint density at radius 3 is 2.83 bits per heavy atom. The number of aromatic nitrogens is 1. The highest BCUT2D eigenvalue weighted by Gasteiger charge is 2.09. The van der Waals surface area contributed by atoms with Gasteiger partial charge < -0.3 is 9.88 Å². The molecule has 3 aromatic rings. The lowest BCUT2D eigenvalue weighted by Gasteiger charge is -2.11. The molecule has 0 atom stereocenters. The van der Waals surface area contributed by atoms with Crippen LogP contribution in [0.2, 0.25) is 0 Å². The number of nitriles is 1. The van der Waals surface area contributed by atoms with E-state index in [2.05, 4.69) is 11.4 Å². The minimum Gasteiger partial charge on any atom is -0.338 e. The number of amides is 1. The van der Waals surface area contributed by atoms with Crippen LogP contribution in [0.15, 0.2) is 48.7 Å². The summed E-state index contributed by atoms with van der Waals surface area (Å²) >= 11 is 0. The molecule has 1 aromatic heterocycles. The Kier molecular flexibility index (Phi) is 3.86. The Hall–Kier alpha value is -3.06. The SMILES string of the molecule is Cc1cccc(NC(=O)Cn2ccc3ccc(C#N)cc32)c1C. The largest absolute Gasteiger partial charge is 0.338 e. The fourth-order valence-corrected chi connectivity index (χ4v) is 2.62. The molecule has 3 rings (SSSR count). The molecule has 0 saturated carbocycles. The second-order valence-corrected chi connectivity index (χ2v) is 5.62. The summed E-state index contributed by atoms with van der Waals surface area (Å²) in [4.78, 5) is 12.3. The summed E-state index contributed by atoms with van der Waals surface area (Å²) in [6.07, 6.45) is 1.87. The normalized spacial score (nSPS) is 10.5. The summed E-state index contributed by atoms with van der Waals surface area (Å²) in [5.41, 5.74) is 4.54. The lowest BCUT2D eigenvalue weighted by Crippen LogP contribution is -2.19. The number of benzene rings is 2. The number of rotatable bonds is 3. The van der Waals surface area contributed by atoms with Crippen LogP contribution in [0.5, 0.6) is 0 Å². The van der Waals surface area contributed by atoms with Crippen molar-refractivity contribution in [2.75, 3.05) is 5.32 Å². The molecular weight excluding hydrogens is 286 g/mol. The van der Waals surface area contributed by atoms with Crippen molar-refractivity contribution in [3.8, 4) is 6.07 Å². The van der Waals surface area contributed by atoms with Crippen LogP contribution in [-0.2, 0) is 11.3 Å². The molecular formula is C19H17N3O. The third-order valence-electron chi connectivity index (χ3n) is 4.10. The summed E-state index contributed by atoms with van der Waals surface area (Å²) in [6, 6.07) is 15.4. The summed E-state index contributed by atoms with van der Waals surface area (Å²) in [7, 11) is 0. The molecule has 114 valence electrons. The molecule has 1 amide bonds. The number of anilines is 1. The van der Waals surface area contributed by atoms with Crippen molar-refractivity contribution in [1.29, 1.82) is 5.26 Å². The van der Waals surface area contributed by atoms with Gasteiger partial charge in [0, 0.05) is 17.4 Å². The zero-order valence-corrected chi connectivity index (χ0v) is 13.1. The second-order valence-electron chi connectivity index (χ2n) is 5.62. The standard InChI is InChI=1S/C19H17N3O/c1-13-4-3-5-17(14(13)2)21-19(23)12-22-9-8-16-7-6-15(11-20)10-18(16)22/h3-10H,12H2,1-2H3,(H,21,23). The van der Waals surface area contributed by atoms with Gasteiger partial charge in [-0.15, -0.1) is 0 Å². The van der Waals surface area contributed by atoms with Gasteiger partial charge in [-0.05, 0) is 54.6 Å². The molecule has 0 spiro atoms. The zero-order valence-electron chi connectivity index (χ0n) is 13.1. The van der Waals surface area contributed by atoms with Gasteiger partial charge in [0.25, 0.3) is 0 Å². The fraction of sp³-hybridized carbons (Fsp3) is 0.158.